The number of rotatable bonds is 4. The summed E-state index contributed by atoms with van der Waals surface area (Å²) in [6.07, 6.45) is 1.86. The fourth-order valence-corrected chi connectivity index (χ4v) is 2.08. The second kappa shape index (κ2) is 4.69. The zero-order chi connectivity index (χ0) is 7.33. The van der Waals surface area contributed by atoms with E-state index in [0.29, 0.717) is 0 Å². The van der Waals surface area contributed by atoms with E-state index in [0.717, 1.165) is 23.5 Å². The molecule has 0 aromatic rings. The van der Waals surface area contributed by atoms with Crippen LogP contribution in [0.3, 0.4) is 0 Å². The molecule has 2 N–H and O–H groups in total. The highest BCUT2D eigenvalue weighted by Gasteiger charge is 2.15. The van der Waals surface area contributed by atoms with Crippen LogP contribution < -0.4 is 5.73 Å². The molecule has 1 nitrogen and oxygen atoms in total. The van der Waals surface area contributed by atoms with E-state index in [9.17, 15) is 0 Å². The summed E-state index contributed by atoms with van der Waals surface area (Å²) in [6.45, 7) is 3.87. The lowest BCUT2D eigenvalue weighted by atomic mass is 9.98. The van der Waals surface area contributed by atoms with Crippen LogP contribution in [0.1, 0.15) is 12.8 Å². The fourth-order valence-electron chi connectivity index (χ4n) is 0.501. The van der Waals surface area contributed by atoms with E-state index in [2.05, 4.69) is 38.8 Å². The monoisotopic (exact) mass is 256 g/mol. The van der Waals surface area contributed by atoms with Crippen molar-refractivity contribution in [3.63, 3.8) is 0 Å². The Bertz CT molecular complexity index is 65.5. The van der Waals surface area contributed by atoms with Crippen molar-refractivity contribution in [3.05, 3.63) is 6.92 Å². The van der Waals surface area contributed by atoms with Gasteiger partial charge in [0.15, 0.2) is 0 Å². The van der Waals surface area contributed by atoms with Gasteiger partial charge in [0.2, 0.25) is 0 Å². The molecule has 0 saturated carbocycles. The summed E-state index contributed by atoms with van der Waals surface area (Å²) in [5, 5.41) is 1.86. The summed E-state index contributed by atoms with van der Waals surface area (Å²) < 4.78 is 0. The standard InChI is InChI=1S/C6H12Br2N/c1-6(9,2-4-7)3-5-8/h1-5,9H2. The predicted molar refractivity (Wildman–Crippen MR) is 49.1 cm³/mol. The molecule has 0 aliphatic rings. The summed E-state index contributed by atoms with van der Waals surface area (Å²) in [4.78, 5) is 0. The summed E-state index contributed by atoms with van der Waals surface area (Å²) in [6, 6.07) is 0. The topological polar surface area (TPSA) is 26.0 Å². The zero-order valence-corrected chi connectivity index (χ0v) is 8.54. The fraction of sp³-hybridized carbons (Fsp3) is 0.833. The van der Waals surface area contributed by atoms with Crippen LogP contribution in [0.2, 0.25) is 0 Å². The molecular weight excluding hydrogens is 246 g/mol. The minimum absolute atomic E-state index is 0.243. The summed E-state index contributed by atoms with van der Waals surface area (Å²) in [7, 11) is 0. The molecule has 0 aliphatic heterocycles. The van der Waals surface area contributed by atoms with Gasteiger partial charge in [0.25, 0.3) is 0 Å². The third-order valence-corrected chi connectivity index (χ3v) is 1.98. The van der Waals surface area contributed by atoms with Crippen molar-refractivity contribution in [3.8, 4) is 0 Å². The molecule has 0 saturated heterocycles. The molecule has 0 bridgehead atoms. The van der Waals surface area contributed by atoms with E-state index < -0.39 is 0 Å². The maximum atomic E-state index is 5.77. The van der Waals surface area contributed by atoms with Crippen molar-refractivity contribution in [1.29, 1.82) is 0 Å². The number of hydrogen-bond donors (Lipinski definition) is 1. The van der Waals surface area contributed by atoms with E-state index in [4.69, 9.17) is 5.73 Å². The van der Waals surface area contributed by atoms with Crippen molar-refractivity contribution < 1.29 is 0 Å². The van der Waals surface area contributed by atoms with Crippen molar-refractivity contribution in [2.75, 3.05) is 10.7 Å². The van der Waals surface area contributed by atoms with Gasteiger partial charge in [-0.3, -0.25) is 0 Å². The zero-order valence-electron chi connectivity index (χ0n) is 5.37. The maximum absolute atomic E-state index is 5.77. The Morgan fingerprint density at radius 2 is 1.56 bits per heavy atom. The van der Waals surface area contributed by atoms with Gasteiger partial charge >= 0.3 is 0 Å². The molecule has 0 heterocycles. The lowest BCUT2D eigenvalue weighted by Gasteiger charge is -2.21. The Hall–Kier alpha value is 0.920. The van der Waals surface area contributed by atoms with Gasteiger partial charge in [-0.05, 0) is 19.8 Å². The van der Waals surface area contributed by atoms with E-state index in [1.807, 2.05) is 0 Å². The first-order valence-corrected chi connectivity index (χ1v) is 5.13. The largest absolute Gasteiger partial charge is 0.325 e. The van der Waals surface area contributed by atoms with Crippen LogP contribution in [0.25, 0.3) is 0 Å². The highest BCUT2D eigenvalue weighted by Crippen LogP contribution is 2.12. The second-order valence-corrected chi connectivity index (χ2v) is 3.83. The van der Waals surface area contributed by atoms with Gasteiger partial charge in [-0.25, -0.2) is 0 Å². The van der Waals surface area contributed by atoms with Crippen molar-refractivity contribution in [2.24, 2.45) is 5.73 Å². The molecule has 1 radical (unpaired) electrons. The number of alkyl halides is 2. The predicted octanol–water partition coefficient (Wildman–Crippen LogP) is 2.09. The molecule has 0 unspecified atom stereocenters. The maximum Gasteiger partial charge on any atom is 0.0171 e. The molecular formula is C6H12Br2N. The Balaban J connectivity index is 3.43. The van der Waals surface area contributed by atoms with Crippen LogP contribution in [0.4, 0.5) is 0 Å². The van der Waals surface area contributed by atoms with Crippen LogP contribution in [0.5, 0.6) is 0 Å². The average molecular weight is 258 g/mol. The van der Waals surface area contributed by atoms with Crippen LogP contribution >= 0.6 is 31.9 Å². The molecule has 9 heavy (non-hydrogen) atoms. The van der Waals surface area contributed by atoms with Gasteiger partial charge in [0, 0.05) is 16.2 Å². The van der Waals surface area contributed by atoms with E-state index >= 15 is 0 Å². The van der Waals surface area contributed by atoms with Gasteiger partial charge in [0.1, 0.15) is 0 Å². The molecule has 0 atom stereocenters. The van der Waals surface area contributed by atoms with E-state index in [-0.39, 0.29) is 5.54 Å². The first kappa shape index (κ1) is 9.92. The van der Waals surface area contributed by atoms with Crippen LogP contribution in [0, 0.1) is 6.92 Å². The average Bonchev–Trinajstić information content (AvgIpc) is 1.64. The molecule has 0 amide bonds. The van der Waals surface area contributed by atoms with Crippen molar-refractivity contribution >= 4 is 31.9 Å². The highest BCUT2D eigenvalue weighted by atomic mass is 79.9. The van der Waals surface area contributed by atoms with Gasteiger partial charge in [-0.1, -0.05) is 31.9 Å². The third kappa shape index (κ3) is 5.37. The lowest BCUT2D eigenvalue weighted by Crippen LogP contribution is -2.37. The highest BCUT2D eigenvalue weighted by molar-refractivity contribution is 9.09. The number of halogens is 2. The quantitative estimate of drug-likeness (QED) is 0.767. The molecule has 0 aromatic carbocycles. The summed E-state index contributed by atoms with van der Waals surface area (Å²) in [5.41, 5.74) is 5.52. The molecule has 0 aromatic heterocycles. The molecule has 0 aliphatic carbocycles. The summed E-state index contributed by atoms with van der Waals surface area (Å²) in [5.74, 6) is 0. The Labute approximate surface area is 73.6 Å². The Morgan fingerprint density at radius 3 is 1.78 bits per heavy atom. The molecule has 0 fully saturated rings. The Morgan fingerprint density at radius 1 is 1.22 bits per heavy atom. The first-order chi connectivity index (χ1) is 4.12. The molecule has 55 valence electrons. The third-order valence-electron chi connectivity index (χ3n) is 1.18. The SMILES string of the molecule is [CH2]C(N)(CCBr)CCBr. The van der Waals surface area contributed by atoms with Gasteiger partial charge in [0.05, 0.1) is 0 Å². The van der Waals surface area contributed by atoms with Crippen molar-refractivity contribution in [1.82, 2.24) is 0 Å². The van der Waals surface area contributed by atoms with Gasteiger partial charge in [-0.15, -0.1) is 0 Å². The van der Waals surface area contributed by atoms with Gasteiger partial charge < -0.3 is 5.73 Å². The van der Waals surface area contributed by atoms with E-state index in [1.54, 1.807) is 0 Å². The molecule has 0 spiro atoms. The normalized spacial score (nSPS) is 12.0. The lowest BCUT2D eigenvalue weighted by molar-refractivity contribution is 0.500. The minimum atomic E-state index is -0.243. The smallest absolute Gasteiger partial charge is 0.0171 e. The van der Waals surface area contributed by atoms with Gasteiger partial charge in [-0.2, -0.15) is 0 Å². The van der Waals surface area contributed by atoms with Crippen LogP contribution in [-0.2, 0) is 0 Å². The van der Waals surface area contributed by atoms with Crippen LogP contribution in [-0.4, -0.2) is 16.2 Å². The first-order valence-electron chi connectivity index (χ1n) is 2.88. The second-order valence-electron chi connectivity index (χ2n) is 2.24. The molecule has 3 heteroatoms. The summed E-state index contributed by atoms with van der Waals surface area (Å²) >= 11 is 6.64. The van der Waals surface area contributed by atoms with Crippen LogP contribution in [0.15, 0.2) is 0 Å². The Kier molecular flexibility index (Phi) is 5.17. The molecule has 0 rings (SSSR count). The van der Waals surface area contributed by atoms with E-state index in [1.165, 1.54) is 0 Å². The number of nitrogens with two attached hydrogens (primary N) is 1. The minimum Gasteiger partial charge on any atom is -0.325 e. The van der Waals surface area contributed by atoms with Crippen molar-refractivity contribution in [2.45, 2.75) is 18.4 Å². The number of hydrogen-bond acceptors (Lipinski definition) is 1.